The van der Waals surface area contributed by atoms with E-state index in [9.17, 15) is 4.79 Å². The Morgan fingerprint density at radius 2 is 2.00 bits per heavy atom. The number of nitrogens with zero attached hydrogens (tertiary/aromatic N) is 1. The molecule has 28 heavy (non-hydrogen) atoms. The van der Waals surface area contributed by atoms with Gasteiger partial charge in [0.25, 0.3) is 5.91 Å². The predicted molar refractivity (Wildman–Crippen MR) is 104 cm³/mol. The summed E-state index contributed by atoms with van der Waals surface area (Å²) < 4.78 is 11.4. The van der Waals surface area contributed by atoms with Crippen LogP contribution in [0.15, 0.2) is 16.1 Å². The summed E-state index contributed by atoms with van der Waals surface area (Å²) in [5.74, 6) is 1.40. The number of rotatable bonds is 3. The lowest BCUT2D eigenvalue weighted by molar-refractivity contribution is -0.112. The molecule has 150 valence electrons. The fourth-order valence-corrected chi connectivity index (χ4v) is 4.36. The lowest BCUT2D eigenvalue weighted by Crippen LogP contribution is -2.13. The summed E-state index contributed by atoms with van der Waals surface area (Å²) in [7, 11) is 0. The summed E-state index contributed by atoms with van der Waals surface area (Å²) in [6, 6.07) is 0. The number of ether oxygens (including phenoxy) is 1. The number of aryl methyl sites for hydroxylation is 2. The summed E-state index contributed by atoms with van der Waals surface area (Å²) in [4.78, 5) is 26.8. The number of carbonyl (C=O) groups is 2. The Morgan fingerprint density at radius 1 is 1.25 bits per heavy atom. The normalized spacial score (nSPS) is 15.3. The highest BCUT2D eigenvalue weighted by Crippen LogP contribution is 2.43. The van der Waals surface area contributed by atoms with Crippen LogP contribution in [0.1, 0.15) is 41.2 Å². The molecule has 4 rings (SSSR count). The summed E-state index contributed by atoms with van der Waals surface area (Å²) in [6.45, 7) is 5.12. The molecule has 0 aromatic carbocycles. The molecule has 0 spiro atoms. The third-order valence-electron chi connectivity index (χ3n) is 4.62. The van der Waals surface area contributed by atoms with Crippen LogP contribution in [-0.2, 0) is 22.6 Å². The average Bonchev–Trinajstić information content (AvgIpc) is 3.34. The quantitative estimate of drug-likeness (QED) is 0.692. The number of carboxylic acid groups (broad SMARTS) is 2. The molecule has 0 unspecified atom stereocenters. The van der Waals surface area contributed by atoms with Gasteiger partial charge < -0.3 is 24.7 Å². The molecular formula is C19H22N2O6S. The van der Waals surface area contributed by atoms with Crippen LogP contribution in [0.3, 0.4) is 0 Å². The van der Waals surface area contributed by atoms with E-state index < -0.39 is 6.16 Å². The van der Waals surface area contributed by atoms with Crippen molar-refractivity contribution in [3.63, 3.8) is 0 Å². The first-order chi connectivity index (χ1) is 13.4. The Hall–Kier alpha value is -2.65. The first kappa shape index (κ1) is 20.1. The Balaban J connectivity index is 0.000000516. The van der Waals surface area contributed by atoms with E-state index in [2.05, 4.69) is 10.3 Å². The van der Waals surface area contributed by atoms with Gasteiger partial charge in [-0.05, 0) is 45.1 Å². The first-order valence-electron chi connectivity index (χ1n) is 8.95. The van der Waals surface area contributed by atoms with Gasteiger partial charge in [0.15, 0.2) is 0 Å². The van der Waals surface area contributed by atoms with E-state index in [4.69, 9.17) is 24.2 Å². The zero-order chi connectivity index (χ0) is 20.3. The fraction of sp³-hybridized carbons (Fsp3) is 0.421. The number of allylic oxidation sites excluding steroid dienone is 1. The number of thiophene rings is 1. The predicted octanol–water partition coefficient (Wildman–Crippen LogP) is 4.36. The second-order valence-corrected chi connectivity index (χ2v) is 7.63. The minimum Gasteiger partial charge on any atom is -0.450 e. The van der Waals surface area contributed by atoms with Gasteiger partial charge in [-0.15, -0.1) is 11.3 Å². The molecule has 0 fully saturated rings. The van der Waals surface area contributed by atoms with E-state index in [1.165, 1.54) is 5.56 Å². The molecule has 1 amide bonds. The molecule has 0 saturated carbocycles. The lowest BCUT2D eigenvalue weighted by atomic mass is 10.1. The minimum absolute atomic E-state index is 0.00624. The molecule has 0 atom stereocenters. The van der Waals surface area contributed by atoms with E-state index in [0.29, 0.717) is 19.1 Å². The zero-order valence-corrected chi connectivity index (χ0v) is 16.5. The number of amides is 1. The average molecular weight is 406 g/mol. The van der Waals surface area contributed by atoms with E-state index in [1.54, 1.807) is 11.3 Å². The second kappa shape index (κ2) is 8.57. The van der Waals surface area contributed by atoms with E-state index in [-0.39, 0.29) is 5.91 Å². The van der Waals surface area contributed by atoms with Gasteiger partial charge in [0, 0.05) is 10.5 Å². The van der Waals surface area contributed by atoms with Crippen LogP contribution in [0.4, 0.5) is 9.80 Å². The van der Waals surface area contributed by atoms with Crippen LogP contribution in [0.5, 0.6) is 0 Å². The van der Waals surface area contributed by atoms with E-state index in [0.717, 1.165) is 58.2 Å². The summed E-state index contributed by atoms with van der Waals surface area (Å²) in [5.41, 5.74) is 3.89. The number of anilines is 1. The number of hydrogen-bond acceptors (Lipinski definition) is 6. The number of carbonyl (C=O) groups excluding carboxylic acids is 1. The molecule has 2 aliphatic rings. The SMILES string of the molecule is Cc1nc(-c2c(NC(=O)C3=CCCC3)sc3c2CCOC3)oc1C.O=C(O)O. The topological polar surface area (TPSA) is 122 Å². The molecule has 9 heteroatoms. The number of nitrogens with one attached hydrogen (secondary N) is 1. The highest BCUT2D eigenvalue weighted by Gasteiger charge is 2.27. The van der Waals surface area contributed by atoms with Crippen LogP contribution < -0.4 is 5.32 Å². The Morgan fingerprint density at radius 3 is 2.61 bits per heavy atom. The molecule has 2 aromatic heterocycles. The molecule has 8 nitrogen and oxygen atoms in total. The van der Waals surface area contributed by atoms with Crippen LogP contribution in [0.25, 0.3) is 11.5 Å². The van der Waals surface area contributed by atoms with Crippen molar-refractivity contribution in [1.82, 2.24) is 4.98 Å². The molecule has 0 radical (unpaired) electrons. The maximum absolute atomic E-state index is 12.5. The van der Waals surface area contributed by atoms with Gasteiger partial charge in [0.1, 0.15) is 10.8 Å². The smallest absolute Gasteiger partial charge is 0.450 e. The van der Waals surface area contributed by atoms with Crippen LogP contribution in [0.2, 0.25) is 0 Å². The maximum Gasteiger partial charge on any atom is 0.503 e. The summed E-state index contributed by atoms with van der Waals surface area (Å²) >= 11 is 1.57. The van der Waals surface area contributed by atoms with Gasteiger partial charge in [-0.3, -0.25) is 4.79 Å². The van der Waals surface area contributed by atoms with Crippen molar-refractivity contribution in [2.75, 3.05) is 11.9 Å². The van der Waals surface area contributed by atoms with Gasteiger partial charge in [0.2, 0.25) is 5.89 Å². The molecular weight excluding hydrogens is 384 g/mol. The lowest BCUT2D eigenvalue weighted by Gasteiger charge is -2.12. The zero-order valence-electron chi connectivity index (χ0n) is 15.7. The molecule has 0 bridgehead atoms. The Kier molecular flexibility index (Phi) is 6.15. The van der Waals surface area contributed by atoms with Gasteiger partial charge in [-0.1, -0.05) is 6.08 Å². The third-order valence-corrected chi connectivity index (χ3v) is 5.74. The van der Waals surface area contributed by atoms with Crippen LogP contribution in [0, 0.1) is 13.8 Å². The van der Waals surface area contributed by atoms with Crippen molar-refractivity contribution in [3.05, 3.63) is 33.5 Å². The Labute approximate surface area is 165 Å². The summed E-state index contributed by atoms with van der Waals surface area (Å²) in [6.07, 6.45) is 3.92. The fourth-order valence-electron chi connectivity index (χ4n) is 3.19. The molecule has 1 aliphatic heterocycles. The van der Waals surface area contributed by atoms with Gasteiger partial charge >= 0.3 is 6.16 Å². The van der Waals surface area contributed by atoms with E-state index >= 15 is 0 Å². The van der Waals surface area contributed by atoms with Crippen molar-refractivity contribution in [3.8, 4) is 11.5 Å². The van der Waals surface area contributed by atoms with Crippen molar-refractivity contribution in [1.29, 1.82) is 0 Å². The number of aromatic nitrogens is 1. The largest absolute Gasteiger partial charge is 0.503 e. The van der Waals surface area contributed by atoms with Crippen LogP contribution >= 0.6 is 11.3 Å². The number of hydrogen-bond donors (Lipinski definition) is 3. The maximum atomic E-state index is 12.5. The van der Waals surface area contributed by atoms with Crippen molar-refractivity contribution in [2.24, 2.45) is 0 Å². The van der Waals surface area contributed by atoms with Gasteiger partial charge in [-0.2, -0.15) is 0 Å². The van der Waals surface area contributed by atoms with E-state index in [1.807, 2.05) is 19.9 Å². The molecule has 2 aromatic rings. The number of fused-ring (bicyclic) bond motifs is 1. The highest BCUT2D eigenvalue weighted by atomic mass is 32.1. The molecule has 1 aliphatic carbocycles. The van der Waals surface area contributed by atoms with Crippen molar-refractivity contribution >= 4 is 28.4 Å². The second-order valence-electron chi connectivity index (χ2n) is 6.53. The van der Waals surface area contributed by atoms with Gasteiger partial charge in [-0.25, -0.2) is 9.78 Å². The summed E-state index contributed by atoms with van der Waals surface area (Å²) in [5, 5.41) is 17.9. The van der Waals surface area contributed by atoms with Gasteiger partial charge in [0.05, 0.1) is 24.5 Å². The molecule has 3 N–H and O–H groups in total. The number of oxazole rings is 1. The minimum atomic E-state index is -1.83. The van der Waals surface area contributed by atoms with Crippen molar-refractivity contribution in [2.45, 2.75) is 46.1 Å². The standard InChI is InChI=1S/C18H20N2O3S.CH2O3/c1-10-11(2)23-17(19-10)15-13-7-8-22-9-14(13)24-18(15)20-16(21)12-5-3-4-6-12;2-1(3)4/h5H,3-4,6-9H2,1-2H3,(H,20,21);(H2,2,3,4). The van der Waals surface area contributed by atoms with Crippen molar-refractivity contribution < 1.29 is 29.0 Å². The first-order valence-corrected chi connectivity index (χ1v) is 9.77. The van der Waals surface area contributed by atoms with Crippen LogP contribution in [-0.4, -0.2) is 33.9 Å². The molecule has 3 heterocycles. The monoisotopic (exact) mass is 406 g/mol. The highest BCUT2D eigenvalue weighted by molar-refractivity contribution is 7.17. The molecule has 0 saturated heterocycles. The Bertz CT molecular complexity index is 904. The third kappa shape index (κ3) is 4.42.